The number of fused-ring (bicyclic) bond motifs is 3. The Morgan fingerprint density at radius 1 is 1.00 bits per heavy atom. The van der Waals surface area contributed by atoms with Crippen LogP contribution in [0.25, 0.3) is 5.65 Å². The maximum atomic E-state index is 6.04. The summed E-state index contributed by atoms with van der Waals surface area (Å²) in [5.74, 6) is 0.975. The summed E-state index contributed by atoms with van der Waals surface area (Å²) in [4.78, 5) is 0. The maximum Gasteiger partial charge on any atom is 0.181 e. The highest BCUT2D eigenvalue weighted by atomic mass is 35.5. The minimum absolute atomic E-state index is 0.0418. The Hall–Kier alpha value is -1.94. The minimum Gasteiger partial charge on any atom is -0.196 e. The summed E-state index contributed by atoms with van der Waals surface area (Å²) in [5.41, 5.74) is 4.86. The van der Waals surface area contributed by atoms with Gasteiger partial charge in [-0.25, -0.2) is 0 Å². The fourth-order valence-electron chi connectivity index (χ4n) is 3.87. The third kappa shape index (κ3) is 1.94. The van der Waals surface area contributed by atoms with Crippen molar-refractivity contribution in [3.8, 4) is 0 Å². The lowest BCUT2D eigenvalue weighted by Gasteiger charge is -2.17. The van der Waals surface area contributed by atoms with E-state index in [2.05, 4.69) is 27.4 Å². The predicted molar refractivity (Wildman–Crippen MR) is 88.9 cm³/mol. The molecular weight excluding hydrogens is 308 g/mol. The molecule has 0 radical (unpaired) electrons. The van der Waals surface area contributed by atoms with Gasteiger partial charge in [-0.15, -0.1) is 10.2 Å². The Bertz CT molecular complexity index is 893. The molecule has 0 amide bonds. The molecule has 1 aromatic carbocycles. The summed E-state index contributed by atoms with van der Waals surface area (Å²) in [6.45, 7) is 0. The van der Waals surface area contributed by atoms with Crippen LogP contribution in [0.15, 0.2) is 30.5 Å². The predicted octanol–water partition coefficient (Wildman–Crippen LogP) is 3.74. The Morgan fingerprint density at radius 3 is 2.57 bits per heavy atom. The van der Waals surface area contributed by atoms with Gasteiger partial charge < -0.3 is 0 Å². The molecule has 3 aromatic rings. The van der Waals surface area contributed by atoms with Crippen LogP contribution in [0.2, 0.25) is 5.02 Å². The van der Waals surface area contributed by atoms with Crippen LogP contribution in [0.5, 0.6) is 0 Å². The van der Waals surface area contributed by atoms with Crippen molar-refractivity contribution in [2.75, 3.05) is 0 Å². The Morgan fingerprint density at radius 2 is 1.78 bits per heavy atom. The molecule has 116 valence electrons. The highest BCUT2D eigenvalue weighted by Crippen LogP contribution is 2.52. The molecule has 0 spiro atoms. The largest absolute Gasteiger partial charge is 0.196 e. The third-order valence-electron chi connectivity index (χ3n) is 5.32. The summed E-state index contributed by atoms with van der Waals surface area (Å²) in [6, 6.07) is 8.12. The second-order valence-electron chi connectivity index (χ2n) is 6.70. The second kappa shape index (κ2) is 4.78. The molecule has 5 rings (SSSR count). The van der Waals surface area contributed by atoms with Crippen LogP contribution in [-0.4, -0.2) is 19.8 Å². The van der Waals surface area contributed by atoms with Gasteiger partial charge in [0.15, 0.2) is 11.5 Å². The summed E-state index contributed by atoms with van der Waals surface area (Å²) in [7, 11) is 0. The van der Waals surface area contributed by atoms with Gasteiger partial charge in [0.2, 0.25) is 0 Å². The van der Waals surface area contributed by atoms with E-state index in [-0.39, 0.29) is 5.41 Å². The van der Waals surface area contributed by atoms with Crippen LogP contribution in [0.4, 0.5) is 0 Å². The first kappa shape index (κ1) is 13.5. The van der Waals surface area contributed by atoms with E-state index < -0.39 is 0 Å². The van der Waals surface area contributed by atoms with E-state index in [9.17, 15) is 0 Å². The Labute approximate surface area is 139 Å². The van der Waals surface area contributed by atoms with E-state index in [4.69, 9.17) is 11.6 Å². The fourth-order valence-corrected chi connectivity index (χ4v) is 3.99. The van der Waals surface area contributed by atoms with E-state index in [1.54, 1.807) is 0 Å². The molecule has 1 fully saturated rings. The molecule has 0 aliphatic heterocycles. The highest BCUT2D eigenvalue weighted by molar-refractivity contribution is 6.30. The van der Waals surface area contributed by atoms with Crippen molar-refractivity contribution in [3.63, 3.8) is 0 Å². The van der Waals surface area contributed by atoms with Gasteiger partial charge in [0, 0.05) is 10.6 Å². The number of benzene rings is 1. The molecule has 2 aliphatic carbocycles. The summed E-state index contributed by atoms with van der Waals surface area (Å²) >= 11 is 6.04. The van der Waals surface area contributed by atoms with Gasteiger partial charge in [-0.1, -0.05) is 23.7 Å². The normalized spacial score (nSPS) is 18.8. The monoisotopic (exact) mass is 324 g/mol. The number of halogens is 1. The van der Waals surface area contributed by atoms with Crippen molar-refractivity contribution in [1.29, 1.82) is 0 Å². The summed E-state index contributed by atoms with van der Waals surface area (Å²) < 4.78 is 1.98. The van der Waals surface area contributed by atoms with Gasteiger partial charge >= 0.3 is 0 Å². The van der Waals surface area contributed by atoms with Crippen molar-refractivity contribution in [2.45, 2.75) is 43.9 Å². The van der Waals surface area contributed by atoms with Crippen LogP contribution in [-0.2, 0) is 18.3 Å². The Balaban J connectivity index is 1.67. The minimum atomic E-state index is -0.0418. The van der Waals surface area contributed by atoms with Gasteiger partial charge in [-0.2, -0.15) is 9.61 Å². The number of aryl methyl sites for hydroxylation is 2. The van der Waals surface area contributed by atoms with E-state index in [0.717, 1.165) is 42.2 Å². The number of nitrogens with zero attached hydrogens (tertiary/aromatic N) is 4. The lowest BCUT2D eigenvalue weighted by Crippen LogP contribution is -2.16. The van der Waals surface area contributed by atoms with Crippen LogP contribution in [0, 0.1) is 0 Å². The summed E-state index contributed by atoms with van der Waals surface area (Å²) in [5, 5.41) is 14.5. The number of aromatic nitrogens is 4. The van der Waals surface area contributed by atoms with Crippen LogP contribution >= 0.6 is 11.6 Å². The van der Waals surface area contributed by atoms with Crippen molar-refractivity contribution in [1.82, 2.24) is 19.8 Å². The first-order valence-electron chi connectivity index (χ1n) is 8.27. The highest BCUT2D eigenvalue weighted by Gasteiger charge is 2.50. The maximum absolute atomic E-state index is 6.04. The zero-order chi connectivity index (χ0) is 15.4. The molecule has 2 aromatic heterocycles. The van der Waals surface area contributed by atoms with E-state index in [0.29, 0.717) is 0 Å². The van der Waals surface area contributed by atoms with Crippen molar-refractivity contribution in [3.05, 3.63) is 58.0 Å². The second-order valence-corrected chi connectivity index (χ2v) is 7.14. The number of hydrogen-bond donors (Lipinski definition) is 0. The van der Waals surface area contributed by atoms with Crippen molar-refractivity contribution in [2.24, 2.45) is 0 Å². The van der Waals surface area contributed by atoms with E-state index in [1.165, 1.54) is 29.5 Å². The molecular formula is C18H17ClN4. The molecule has 0 unspecified atom stereocenters. The van der Waals surface area contributed by atoms with Gasteiger partial charge in [0.05, 0.1) is 11.6 Å². The van der Waals surface area contributed by atoms with Crippen molar-refractivity contribution >= 4 is 17.2 Å². The smallest absolute Gasteiger partial charge is 0.181 e. The number of hydrogen-bond acceptors (Lipinski definition) is 3. The average molecular weight is 325 g/mol. The SMILES string of the molecule is Clc1ccc(C2(c3nnc4c5c(cnn34)CCCC5)CC2)cc1. The standard InChI is InChI=1S/C18H17ClN4/c19-14-7-5-13(6-8-14)18(9-10-18)17-22-21-16-15-4-2-1-3-12(15)11-20-23(16)17/h5-8,11H,1-4,9-10H2. The van der Waals surface area contributed by atoms with Gasteiger partial charge in [0.25, 0.3) is 0 Å². The molecule has 0 atom stereocenters. The fraction of sp³-hybridized carbons (Fsp3) is 0.389. The molecule has 2 heterocycles. The molecule has 1 saturated carbocycles. The summed E-state index contributed by atoms with van der Waals surface area (Å²) in [6.07, 6.45) is 8.89. The lowest BCUT2D eigenvalue weighted by molar-refractivity contribution is 0.662. The van der Waals surface area contributed by atoms with E-state index in [1.807, 2.05) is 22.8 Å². The molecule has 0 N–H and O–H groups in total. The van der Waals surface area contributed by atoms with E-state index >= 15 is 0 Å². The van der Waals surface area contributed by atoms with Crippen molar-refractivity contribution < 1.29 is 0 Å². The van der Waals surface area contributed by atoms with Crippen LogP contribution < -0.4 is 0 Å². The Kier molecular flexibility index (Phi) is 2.80. The molecule has 5 heteroatoms. The van der Waals surface area contributed by atoms with Crippen LogP contribution in [0.1, 0.15) is 48.2 Å². The lowest BCUT2D eigenvalue weighted by atomic mass is 9.93. The average Bonchev–Trinajstić information content (AvgIpc) is 3.27. The topological polar surface area (TPSA) is 43.1 Å². The quantitative estimate of drug-likeness (QED) is 0.721. The zero-order valence-corrected chi connectivity index (χ0v) is 13.6. The van der Waals surface area contributed by atoms with Crippen LogP contribution in [0.3, 0.4) is 0 Å². The van der Waals surface area contributed by atoms with Gasteiger partial charge in [-0.05, 0) is 61.8 Å². The molecule has 23 heavy (non-hydrogen) atoms. The number of rotatable bonds is 2. The zero-order valence-electron chi connectivity index (χ0n) is 12.8. The third-order valence-corrected chi connectivity index (χ3v) is 5.58. The molecule has 0 saturated heterocycles. The van der Waals surface area contributed by atoms with Gasteiger partial charge in [-0.3, -0.25) is 0 Å². The molecule has 2 aliphatic rings. The molecule has 4 nitrogen and oxygen atoms in total. The first-order valence-corrected chi connectivity index (χ1v) is 8.64. The van der Waals surface area contributed by atoms with Gasteiger partial charge in [0.1, 0.15) is 0 Å². The molecule has 0 bridgehead atoms. The first-order chi connectivity index (χ1) is 11.3.